The number of hydrogen-bond acceptors (Lipinski definition) is 1. The van der Waals surface area contributed by atoms with Gasteiger partial charge in [-0.15, -0.1) is 0 Å². The van der Waals surface area contributed by atoms with Crippen molar-refractivity contribution in [3.05, 3.63) is 35.4 Å². The highest BCUT2D eigenvalue weighted by Gasteiger charge is 2.42. The number of carboxylic acid groups (broad SMARTS) is 1. The molecule has 0 spiro atoms. The first-order valence-corrected chi connectivity index (χ1v) is 6.71. The summed E-state index contributed by atoms with van der Waals surface area (Å²) in [6, 6.07) is 8.19. The van der Waals surface area contributed by atoms with Gasteiger partial charge in [-0.1, -0.05) is 57.9 Å². The van der Waals surface area contributed by atoms with Gasteiger partial charge in [0, 0.05) is 0 Å². The van der Waals surface area contributed by atoms with E-state index in [9.17, 15) is 9.90 Å². The monoisotopic (exact) mass is 246 g/mol. The van der Waals surface area contributed by atoms with Crippen molar-refractivity contribution in [3.8, 4) is 0 Å². The summed E-state index contributed by atoms with van der Waals surface area (Å²) in [5.41, 5.74) is 1.71. The van der Waals surface area contributed by atoms with Crippen LogP contribution in [0.25, 0.3) is 0 Å². The summed E-state index contributed by atoms with van der Waals surface area (Å²) in [6.45, 7) is 6.51. The molecule has 2 heteroatoms. The predicted octanol–water partition coefficient (Wildman–Crippen LogP) is 3.88. The van der Waals surface area contributed by atoms with Crippen LogP contribution in [0.2, 0.25) is 0 Å². The van der Waals surface area contributed by atoms with Crippen molar-refractivity contribution in [3.63, 3.8) is 0 Å². The van der Waals surface area contributed by atoms with E-state index in [1.54, 1.807) is 0 Å². The second-order valence-corrected chi connectivity index (χ2v) is 6.42. The molecule has 2 rings (SSSR count). The van der Waals surface area contributed by atoms with Crippen molar-refractivity contribution in [2.45, 2.75) is 57.3 Å². The Morgan fingerprint density at radius 1 is 1.11 bits per heavy atom. The first-order chi connectivity index (χ1) is 8.36. The summed E-state index contributed by atoms with van der Waals surface area (Å²) in [6.07, 6.45) is 3.59. The molecule has 0 aromatic heterocycles. The Morgan fingerprint density at radius 3 is 2.00 bits per heavy atom. The van der Waals surface area contributed by atoms with Gasteiger partial charge >= 0.3 is 5.97 Å². The molecule has 0 bridgehead atoms. The summed E-state index contributed by atoms with van der Waals surface area (Å²) in [5, 5.41) is 9.55. The van der Waals surface area contributed by atoms with Crippen LogP contribution in [0.1, 0.15) is 57.6 Å². The molecule has 1 N–H and O–H groups in total. The van der Waals surface area contributed by atoms with Crippen LogP contribution < -0.4 is 0 Å². The molecule has 1 aliphatic carbocycles. The van der Waals surface area contributed by atoms with Gasteiger partial charge in [-0.25, -0.2) is 0 Å². The highest BCUT2D eigenvalue weighted by atomic mass is 16.4. The molecular weight excluding hydrogens is 224 g/mol. The van der Waals surface area contributed by atoms with E-state index in [0.717, 1.165) is 31.2 Å². The molecule has 98 valence electrons. The summed E-state index contributed by atoms with van der Waals surface area (Å²) in [7, 11) is 0. The molecule has 1 aliphatic rings. The molecular formula is C16H22O2. The molecule has 0 heterocycles. The molecule has 0 atom stereocenters. The van der Waals surface area contributed by atoms with Crippen LogP contribution in [-0.2, 0) is 15.6 Å². The van der Waals surface area contributed by atoms with Crippen LogP contribution in [0.3, 0.4) is 0 Å². The van der Waals surface area contributed by atoms with E-state index in [2.05, 4.69) is 32.9 Å². The Labute approximate surface area is 109 Å². The molecule has 1 aromatic carbocycles. The highest BCUT2D eigenvalue weighted by Crippen LogP contribution is 2.41. The number of aliphatic carboxylic acids is 1. The number of hydrogen-bond donors (Lipinski definition) is 1. The molecule has 1 fully saturated rings. The van der Waals surface area contributed by atoms with Gasteiger partial charge in [0.05, 0.1) is 5.41 Å². The van der Waals surface area contributed by atoms with Gasteiger partial charge in [-0.05, 0) is 29.4 Å². The molecule has 0 saturated heterocycles. The van der Waals surface area contributed by atoms with Gasteiger partial charge in [0.2, 0.25) is 0 Å². The number of rotatable bonds is 2. The van der Waals surface area contributed by atoms with Crippen LogP contribution >= 0.6 is 0 Å². The quantitative estimate of drug-likeness (QED) is 0.859. The zero-order valence-electron chi connectivity index (χ0n) is 11.5. The number of carbonyl (C=O) groups is 1. The fourth-order valence-corrected chi connectivity index (χ4v) is 2.89. The third-order valence-electron chi connectivity index (χ3n) is 4.17. The van der Waals surface area contributed by atoms with E-state index in [-0.39, 0.29) is 5.41 Å². The van der Waals surface area contributed by atoms with Crippen molar-refractivity contribution in [1.29, 1.82) is 0 Å². The van der Waals surface area contributed by atoms with Crippen LogP contribution in [-0.4, -0.2) is 11.1 Å². The third kappa shape index (κ3) is 2.16. The minimum absolute atomic E-state index is 0.116. The molecule has 0 radical (unpaired) electrons. The Bertz CT molecular complexity index is 431. The average molecular weight is 246 g/mol. The van der Waals surface area contributed by atoms with E-state index in [1.165, 1.54) is 5.56 Å². The molecule has 0 amide bonds. The number of carboxylic acids is 1. The van der Waals surface area contributed by atoms with Gasteiger partial charge in [0.1, 0.15) is 0 Å². The maximum Gasteiger partial charge on any atom is 0.314 e. The fourth-order valence-electron chi connectivity index (χ4n) is 2.89. The van der Waals surface area contributed by atoms with Crippen molar-refractivity contribution < 1.29 is 9.90 Å². The van der Waals surface area contributed by atoms with Gasteiger partial charge in [0.15, 0.2) is 0 Å². The normalized spacial score (nSPS) is 18.8. The van der Waals surface area contributed by atoms with Crippen LogP contribution in [0.5, 0.6) is 0 Å². The van der Waals surface area contributed by atoms with Crippen molar-refractivity contribution >= 4 is 5.97 Å². The lowest BCUT2D eigenvalue weighted by Crippen LogP contribution is -2.32. The molecule has 1 saturated carbocycles. The smallest absolute Gasteiger partial charge is 0.314 e. The predicted molar refractivity (Wildman–Crippen MR) is 72.9 cm³/mol. The van der Waals surface area contributed by atoms with Crippen molar-refractivity contribution in [2.75, 3.05) is 0 Å². The van der Waals surface area contributed by atoms with E-state index in [4.69, 9.17) is 0 Å². The van der Waals surface area contributed by atoms with Crippen molar-refractivity contribution in [2.24, 2.45) is 0 Å². The summed E-state index contributed by atoms with van der Waals surface area (Å²) < 4.78 is 0. The number of benzene rings is 1. The molecule has 1 aromatic rings. The van der Waals surface area contributed by atoms with Crippen LogP contribution in [0, 0.1) is 0 Å². The maximum absolute atomic E-state index is 11.6. The highest BCUT2D eigenvalue weighted by molar-refractivity contribution is 5.81. The lowest BCUT2D eigenvalue weighted by Gasteiger charge is -2.26. The lowest BCUT2D eigenvalue weighted by molar-refractivity contribution is -0.143. The summed E-state index contributed by atoms with van der Waals surface area (Å²) in [4.78, 5) is 11.6. The molecule has 2 nitrogen and oxygen atoms in total. The Kier molecular flexibility index (Phi) is 3.22. The second kappa shape index (κ2) is 4.42. The molecule has 0 aliphatic heterocycles. The third-order valence-corrected chi connectivity index (χ3v) is 4.17. The first kappa shape index (κ1) is 13.1. The van der Waals surface area contributed by atoms with E-state index in [0.29, 0.717) is 0 Å². The minimum Gasteiger partial charge on any atom is -0.481 e. The first-order valence-electron chi connectivity index (χ1n) is 6.71. The summed E-state index contributed by atoms with van der Waals surface area (Å²) >= 11 is 0. The van der Waals surface area contributed by atoms with Gasteiger partial charge in [-0.3, -0.25) is 4.79 Å². The molecule has 0 unspecified atom stereocenters. The zero-order chi connectivity index (χ0) is 13.4. The Morgan fingerprint density at radius 2 is 1.61 bits per heavy atom. The van der Waals surface area contributed by atoms with Crippen LogP contribution in [0.4, 0.5) is 0 Å². The Balaban J connectivity index is 2.36. The van der Waals surface area contributed by atoms with E-state index >= 15 is 0 Å². The zero-order valence-corrected chi connectivity index (χ0v) is 11.5. The fraction of sp³-hybridized carbons (Fsp3) is 0.562. The maximum atomic E-state index is 11.6. The van der Waals surface area contributed by atoms with E-state index in [1.807, 2.05) is 12.1 Å². The van der Waals surface area contributed by atoms with Gasteiger partial charge < -0.3 is 5.11 Å². The molecule has 18 heavy (non-hydrogen) atoms. The minimum atomic E-state index is -0.663. The second-order valence-electron chi connectivity index (χ2n) is 6.42. The van der Waals surface area contributed by atoms with Gasteiger partial charge in [0.25, 0.3) is 0 Å². The van der Waals surface area contributed by atoms with Gasteiger partial charge in [-0.2, -0.15) is 0 Å². The topological polar surface area (TPSA) is 37.3 Å². The van der Waals surface area contributed by atoms with Crippen LogP contribution in [0.15, 0.2) is 24.3 Å². The van der Waals surface area contributed by atoms with Crippen molar-refractivity contribution in [1.82, 2.24) is 0 Å². The SMILES string of the molecule is CC(C)(C)c1ccc(C2(C(=O)O)CCCC2)cc1. The van der Waals surface area contributed by atoms with E-state index < -0.39 is 11.4 Å². The lowest BCUT2D eigenvalue weighted by atomic mass is 9.77. The summed E-state index contributed by atoms with van der Waals surface area (Å²) in [5.74, 6) is -0.663. The standard InChI is InChI=1S/C16H22O2/c1-15(2,3)12-6-8-13(9-7-12)16(14(17)18)10-4-5-11-16/h6-9H,4-5,10-11H2,1-3H3,(H,17,18). The Hall–Kier alpha value is -1.31. The largest absolute Gasteiger partial charge is 0.481 e. The average Bonchev–Trinajstić information content (AvgIpc) is 2.78.